The van der Waals surface area contributed by atoms with Crippen molar-refractivity contribution in [2.75, 3.05) is 0 Å². The fraction of sp³-hybridized carbons (Fsp3) is 0.182. The van der Waals surface area contributed by atoms with Crippen LogP contribution in [0.3, 0.4) is 0 Å². The third-order valence-electron chi connectivity index (χ3n) is 1.76. The average molecular weight is 293 g/mol. The van der Waals surface area contributed by atoms with Gasteiger partial charge in [-0.15, -0.1) is 0 Å². The summed E-state index contributed by atoms with van der Waals surface area (Å²) < 4.78 is 37.6. The number of ketones is 1. The number of hydrogen-bond acceptors (Lipinski definition) is 1. The molecule has 0 N–H and O–H groups in total. The molecule has 0 aromatic heterocycles. The molecule has 5 heteroatoms. The highest BCUT2D eigenvalue weighted by atomic mass is 79.9. The fourth-order valence-electron chi connectivity index (χ4n) is 1.09. The summed E-state index contributed by atoms with van der Waals surface area (Å²) in [6.07, 6.45) is -1.81. The number of carbonyl (C=O) groups is 1. The standard InChI is InChI=1S/C11H8BrF3O/c1-7(16)2-3-8-4-9(11(13,14)15)6-10(12)5-8/h2-6H,1H3/b3-2+. The lowest BCUT2D eigenvalue weighted by molar-refractivity contribution is -0.137. The highest BCUT2D eigenvalue weighted by Crippen LogP contribution is 2.32. The Labute approximate surface area is 99.1 Å². The first-order valence-electron chi connectivity index (χ1n) is 4.35. The van der Waals surface area contributed by atoms with E-state index in [1.54, 1.807) is 0 Å². The quantitative estimate of drug-likeness (QED) is 0.751. The van der Waals surface area contributed by atoms with Crippen LogP contribution in [-0.2, 0) is 11.0 Å². The number of hydrogen-bond donors (Lipinski definition) is 0. The summed E-state index contributed by atoms with van der Waals surface area (Å²) in [5.41, 5.74) is -0.415. The van der Waals surface area contributed by atoms with E-state index in [-0.39, 0.29) is 5.78 Å². The zero-order chi connectivity index (χ0) is 12.3. The number of alkyl halides is 3. The van der Waals surface area contributed by atoms with Crippen LogP contribution >= 0.6 is 15.9 Å². The molecule has 0 atom stereocenters. The van der Waals surface area contributed by atoms with Crippen molar-refractivity contribution >= 4 is 27.8 Å². The van der Waals surface area contributed by atoms with Crippen LogP contribution in [0.25, 0.3) is 6.08 Å². The molecular formula is C11H8BrF3O. The van der Waals surface area contributed by atoms with Crippen LogP contribution in [0.15, 0.2) is 28.7 Å². The molecule has 1 aromatic carbocycles. The molecular weight excluding hydrogens is 285 g/mol. The second kappa shape index (κ2) is 4.82. The smallest absolute Gasteiger partial charge is 0.295 e. The molecule has 0 aliphatic heterocycles. The first-order valence-corrected chi connectivity index (χ1v) is 5.15. The van der Waals surface area contributed by atoms with Gasteiger partial charge in [-0.25, -0.2) is 0 Å². The van der Waals surface area contributed by atoms with Gasteiger partial charge >= 0.3 is 6.18 Å². The van der Waals surface area contributed by atoms with Gasteiger partial charge in [-0.1, -0.05) is 22.0 Å². The highest BCUT2D eigenvalue weighted by Gasteiger charge is 2.30. The second-order valence-corrected chi connectivity index (χ2v) is 4.13. The van der Waals surface area contributed by atoms with Crippen molar-refractivity contribution in [1.29, 1.82) is 0 Å². The van der Waals surface area contributed by atoms with E-state index >= 15 is 0 Å². The van der Waals surface area contributed by atoms with E-state index in [9.17, 15) is 18.0 Å². The molecule has 0 amide bonds. The predicted molar refractivity (Wildman–Crippen MR) is 58.9 cm³/mol. The summed E-state index contributed by atoms with van der Waals surface area (Å²) in [5, 5.41) is 0. The van der Waals surface area contributed by atoms with Crippen LogP contribution in [-0.4, -0.2) is 5.78 Å². The first-order chi connectivity index (χ1) is 7.29. The van der Waals surface area contributed by atoms with E-state index in [0.29, 0.717) is 10.0 Å². The zero-order valence-electron chi connectivity index (χ0n) is 8.31. The molecule has 1 nitrogen and oxygen atoms in total. The minimum atomic E-state index is -4.39. The molecule has 0 aliphatic rings. The maximum absolute atomic E-state index is 12.4. The topological polar surface area (TPSA) is 17.1 Å². The largest absolute Gasteiger partial charge is 0.416 e. The molecule has 0 spiro atoms. The summed E-state index contributed by atoms with van der Waals surface area (Å²) in [5.74, 6) is -0.214. The van der Waals surface area contributed by atoms with Crippen LogP contribution in [0, 0.1) is 0 Å². The van der Waals surface area contributed by atoms with E-state index in [4.69, 9.17) is 0 Å². The molecule has 0 fully saturated rings. The monoisotopic (exact) mass is 292 g/mol. The molecule has 0 aliphatic carbocycles. The maximum atomic E-state index is 12.4. The van der Waals surface area contributed by atoms with Gasteiger partial charge in [0, 0.05) is 4.47 Å². The molecule has 0 heterocycles. The Morgan fingerprint density at radius 1 is 1.31 bits per heavy atom. The van der Waals surface area contributed by atoms with E-state index in [1.807, 2.05) is 0 Å². The lowest BCUT2D eigenvalue weighted by atomic mass is 10.1. The number of carbonyl (C=O) groups excluding carboxylic acids is 1. The van der Waals surface area contributed by atoms with Gasteiger partial charge in [-0.05, 0) is 36.8 Å². The van der Waals surface area contributed by atoms with Crippen molar-refractivity contribution in [2.45, 2.75) is 13.1 Å². The zero-order valence-corrected chi connectivity index (χ0v) is 9.89. The molecule has 1 aromatic rings. The first kappa shape index (κ1) is 13.0. The van der Waals surface area contributed by atoms with E-state index in [0.717, 1.165) is 12.1 Å². The molecule has 16 heavy (non-hydrogen) atoms. The third kappa shape index (κ3) is 3.81. The predicted octanol–water partition coefficient (Wildman–Crippen LogP) is 4.07. The summed E-state index contributed by atoms with van der Waals surface area (Å²) in [7, 11) is 0. The Morgan fingerprint density at radius 2 is 1.94 bits per heavy atom. The second-order valence-electron chi connectivity index (χ2n) is 3.21. The number of halogens is 4. The van der Waals surface area contributed by atoms with Crippen molar-refractivity contribution in [2.24, 2.45) is 0 Å². The van der Waals surface area contributed by atoms with Crippen molar-refractivity contribution in [1.82, 2.24) is 0 Å². The third-order valence-corrected chi connectivity index (χ3v) is 2.22. The van der Waals surface area contributed by atoms with E-state index < -0.39 is 11.7 Å². The SMILES string of the molecule is CC(=O)/C=C/c1cc(Br)cc(C(F)(F)F)c1. The Balaban J connectivity index is 3.13. The minimum absolute atomic E-state index is 0.214. The molecule has 0 saturated carbocycles. The maximum Gasteiger partial charge on any atom is 0.416 e. The Bertz CT molecular complexity index is 435. The molecule has 86 valence electrons. The fourth-order valence-corrected chi connectivity index (χ4v) is 1.60. The number of rotatable bonds is 2. The molecule has 0 saturated heterocycles. The van der Waals surface area contributed by atoms with Crippen LogP contribution in [0.5, 0.6) is 0 Å². The van der Waals surface area contributed by atoms with Gasteiger partial charge < -0.3 is 0 Å². The molecule has 0 radical (unpaired) electrons. The normalized spacial score (nSPS) is 12.1. The minimum Gasteiger partial charge on any atom is -0.295 e. The number of allylic oxidation sites excluding steroid dienone is 1. The van der Waals surface area contributed by atoms with Crippen LogP contribution in [0.4, 0.5) is 13.2 Å². The molecule has 0 unspecified atom stereocenters. The van der Waals surface area contributed by atoms with Crippen LogP contribution in [0.1, 0.15) is 18.1 Å². The van der Waals surface area contributed by atoms with Crippen LogP contribution in [0.2, 0.25) is 0 Å². The summed E-state index contributed by atoms with van der Waals surface area (Å²) in [4.78, 5) is 10.7. The van der Waals surface area contributed by atoms with Crippen molar-refractivity contribution in [3.63, 3.8) is 0 Å². The van der Waals surface area contributed by atoms with E-state index in [2.05, 4.69) is 15.9 Å². The van der Waals surface area contributed by atoms with Gasteiger partial charge in [-0.3, -0.25) is 4.79 Å². The summed E-state index contributed by atoms with van der Waals surface area (Å²) >= 11 is 2.99. The van der Waals surface area contributed by atoms with Crippen molar-refractivity contribution < 1.29 is 18.0 Å². The van der Waals surface area contributed by atoms with Crippen molar-refractivity contribution in [3.8, 4) is 0 Å². The summed E-state index contributed by atoms with van der Waals surface area (Å²) in [6.45, 7) is 1.33. The molecule has 0 bridgehead atoms. The Kier molecular flexibility index (Phi) is 3.91. The lowest BCUT2D eigenvalue weighted by Gasteiger charge is -2.08. The average Bonchev–Trinajstić information content (AvgIpc) is 2.12. The van der Waals surface area contributed by atoms with Crippen molar-refractivity contribution in [3.05, 3.63) is 39.9 Å². The van der Waals surface area contributed by atoms with Crippen LogP contribution < -0.4 is 0 Å². The van der Waals surface area contributed by atoms with Gasteiger partial charge in [0.1, 0.15) is 0 Å². The Morgan fingerprint density at radius 3 is 2.44 bits per heavy atom. The van der Waals surface area contributed by atoms with Gasteiger partial charge in [0.15, 0.2) is 5.78 Å². The van der Waals surface area contributed by atoms with Gasteiger partial charge in [0.05, 0.1) is 5.56 Å². The summed E-state index contributed by atoms with van der Waals surface area (Å²) in [6, 6.07) is 3.49. The number of benzene rings is 1. The molecule has 1 rings (SSSR count). The highest BCUT2D eigenvalue weighted by molar-refractivity contribution is 9.10. The van der Waals surface area contributed by atoms with Gasteiger partial charge in [0.2, 0.25) is 0 Å². The lowest BCUT2D eigenvalue weighted by Crippen LogP contribution is -2.04. The Hall–Kier alpha value is -1.10. The van der Waals surface area contributed by atoms with E-state index in [1.165, 1.54) is 25.1 Å². The van der Waals surface area contributed by atoms with Gasteiger partial charge in [0.25, 0.3) is 0 Å². The van der Waals surface area contributed by atoms with Gasteiger partial charge in [-0.2, -0.15) is 13.2 Å².